The molecule has 1 aromatic carbocycles. The van der Waals surface area contributed by atoms with E-state index in [2.05, 4.69) is 25.1 Å². The number of benzene rings is 1. The maximum absolute atomic E-state index is 10.6. The predicted molar refractivity (Wildman–Crippen MR) is 105 cm³/mol. The second kappa shape index (κ2) is 10.1. The number of carbonyl (C=O) groups is 1. The number of nitrogens with zero attached hydrogens (tertiary/aromatic N) is 6. The Morgan fingerprint density at radius 3 is 2.17 bits per heavy atom. The van der Waals surface area contributed by atoms with Crippen molar-refractivity contribution >= 4 is 36.0 Å². The van der Waals surface area contributed by atoms with E-state index in [1.165, 1.54) is 18.5 Å². The largest absolute Gasteiger partial charge is 0.478 e. The molecule has 0 saturated heterocycles. The average Bonchev–Trinajstić information content (AvgIpc) is 3.19. The normalized spacial score (nSPS) is 9.93. The third-order valence-corrected chi connectivity index (χ3v) is 3.87. The fraction of sp³-hybridized carbons (Fsp3) is 0.200. The highest BCUT2D eigenvalue weighted by molar-refractivity contribution is 7.71. The molecular weight excluding hydrogens is 402 g/mol. The van der Waals surface area contributed by atoms with E-state index < -0.39 is 5.97 Å². The van der Waals surface area contributed by atoms with Gasteiger partial charge in [0.1, 0.15) is 6.33 Å². The molecule has 2 aromatic heterocycles. The molecule has 0 aliphatic heterocycles. The van der Waals surface area contributed by atoms with Crippen LogP contribution in [0.3, 0.4) is 0 Å². The van der Waals surface area contributed by atoms with Gasteiger partial charge < -0.3 is 10.0 Å². The summed E-state index contributed by atoms with van der Waals surface area (Å²) in [7, 11) is 1.78. The Kier molecular flexibility index (Phi) is 7.53. The number of carboxylic acid groups (broad SMARTS) is 1. The summed E-state index contributed by atoms with van der Waals surface area (Å²) in [5.74, 6) is -0.674. The molecule has 3 aromatic rings. The summed E-state index contributed by atoms with van der Waals surface area (Å²) < 4.78 is 2.12. The van der Waals surface area contributed by atoms with Gasteiger partial charge in [-0.2, -0.15) is 20.1 Å². The van der Waals surface area contributed by atoms with Crippen LogP contribution < -0.4 is 15.9 Å². The van der Waals surface area contributed by atoms with Crippen molar-refractivity contribution in [3.05, 3.63) is 40.9 Å². The lowest BCUT2D eigenvalue weighted by Gasteiger charge is -2.14. The first-order valence-electron chi connectivity index (χ1n) is 8.12. The molecule has 0 unspecified atom stereocenters. The number of anilines is 3. The van der Waals surface area contributed by atoms with Crippen molar-refractivity contribution in [1.82, 2.24) is 29.7 Å². The summed E-state index contributed by atoms with van der Waals surface area (Å²) in [6.07, 6.45) is 1.54. The maximum Gasteiger partial charge on any atom is 0.335 e. The minimum atomic E-state index is -0.947. The molecule has 14 heteroatoms. The maximum atomic E-state index is 10.6. The number of nitrogens with one attached hydrogen (secondary N) is 3. The molecule has 0 amide bonds. The molecule has 0 aliphatic rings. The minimum absolute atomic E-state index is 0.0353. The highest BCUT2D eigenvalue weighted by Crippen LogP contribution is 2.11. The fourth-order valence-electron chi connectivity index (χ4n) is 1.97. The SMILES string of the molecule is CCN(C)c1nc(NO)nc(NO)n1.O=C(O)c1ccc(-n2cn[nH]c2=S)cc1. The van der Waals surface area contributed by atoms with Gasteiger partial charge in [0.2, 0.25) is 5.95 Å². The Bertz CT molecular complexity index is 983. The van der Waals surface area contributed by atoms with Gasteiger partial charge in [0.15, 0.2) is 4.77 Å². The number of aromatic nitrogens is 6. The minimum Gasteiger partial charge on any atom is -0.478 e. The number of carboxylic acids is 1. The second-order valence-corrected chi connectivity index (χ2v) is 5.79. The third kappa shape index (κ3) is 5.68. The number of hydrogen-bond acceptors (Lipinski definition) is 11. The zero-order chi connectivity index (χ0) is 21.4. The molecular formula is C15H19N9O4S. The summed E-state index contributed by atoms with van der Waals surface area (Å²) in [6, 6.07) is 6.39. The Labute approximate surface area is 169 Å². The van der Waals surface area contributed by atoms with E-state index in [9.17, 15) is 4.79 Å². The molecule has 29 heavy (non-hydrogen) atoms. The van der Waals surface area contributed by atoms with Crippen LogP contribution in [-0.2, 0) is 0 Å². The third-order valence-electron chi connectivity index (χ3n) is 3.58. The quantitative estimate of drug-likeness (QED) is 0.250. The lowest BCUT2D eigenvalue weighted by molar-refractivity contribution is 0.0697. The van der Waals surface area contributed by atoms with Crippen molar-refractivity contribution in [2.24, 2.45) is 0 Å². The van der Waals surface area contributed by atoms with Crippen LogP contribution in [0.1, 0.15) is 17.3 Å². The summed E-state index contributed by atoms with van der Waals surface area (Å²) in [4.78, 5) is 23.7. The van der Waals surface area contributed by atoms with Crippen LogP contribution in [0.2, 0.25) is 0 Å². The fourth-order valence-corrected chi connectivity index (χ4v) is 2.18. The molecule has 2 heterocycles. The lowest BCUT2D eigenvalue weighted by atomic mass is 10.2. The van der Waals surface area contributed by atoms with E-state index >= 15 is 0 Å². The molecule has 0 saturated carbocycles. The standard InChI is InChI=1S/C9H7N3O2S.C6H12N6O2/c13-8(14)6-1-3-7(4-2-6)12-5-10-11-9(12)15;1-3-12(2)6-8-4(10-13)7-5(9-6)11-14/h1-5H,(H,11,15)(H,13,14);13-14H,3H2,1-2H3,(H2,7,8,9,10,11). The zero-order valence-electron chi connectivity index (χ0n) is 15.4. The number of H-pyrrole nitrogens is 1. The van der Waals surface area contributed by atoms with E-state index in [0.29, 0.717) is 17.3 Å². The summed E-state index contributed by atoms with van der Waals surface area (Å²) >= 11 is 4.98. The Morgan fingerprint density at radius 2 is 1.76 bits per heavy atom. The van der Waals surface area contributed by atoms with E-state index in [0.717, 1.165) is 5.69 Å². The molecule has 0 atom stereocenters. The molecule has 154 valence electrons. The van der Waals surface area contributed by atoms with Crippen LogP contribution in [0.25, 0.3) is 5.69 Å². The van der Waals surface area contributed by atoms with E-state index in [1.807, 2.05) is 6.92 Å². The van der Waals surface area contributed by atoms with Gasteiger partial charge in [0, 0.05) is 19.3 Å². The van der Waals surface area contributed by atoms with Gasteiger partial charge in [-0.3, -0.25) is 20.1 Å². The summed E-state index contributed by atoms with van der Waals surface area (Å²) in [5.41, 5.74) is 4.58. The monoisotopic (exact) mass is 421 g/mol. The zero-order valence-corrected chi connectivity index (χ0v) is 16.3. The highest BCUT2D eigenvalue weighted by Gasteiger charge is 2.08. The van der Waals surface area contributed by atoms with Crippen LogP contribution in [0, 0.1) is 4.77 Å². The molecule has 0 aliphatic carbocycles. The summed E-state index contributed by atoms with van der Waals surface area (Å²) in [5, 5.41) is 32.3. The topological polar surface area (TPSA) is 177 Å². The van der Waals surface area contributed by atoms with Gasteiger partial charge in [-0.05, 0) is 43.4 Å². The van der Waals surface area contributed by atoms with E-state index in [-0.39, 0.29) is 17.5 Å². The molecule has 0 radical (unpaired) electrons. The number of aromatic amines is 1. The molecule has 13 nitrogen and oxygen atoms in total. The Balaban J connectivity index is 0.000000208. The molecule has 0 fully saturated rings. The van der Waals surface area contributed by atoms with Gasteiger partial charge in [0.05, 0.1) is 5.56 Å². The summed E-state index contributed by atoms with van der Waals surface area (Å²) in [6.45, 7) is 2.61. The van der Waals surface area contributed by atoms with E-state index in [1.54, 1.807) is 39.6 Å². The van der Waals surface area contributed by atoms with Crippen molar-refractivity contribution < 1.29 is 20.3 Å². The van der Waals surface area contributed by atoms with Gasteiger partial charge in [-0.15, -0.1) is 0 Å². The molecule has 0 spiro atoms. The highest BCUT2D eigenvalue weighted by atomic mass is 32.1. The first kappa shape index (κ1) is 21.7. The average molecular weight is 421 g/mol. The number of aromatic carboxylic acids is 1. The van der Waals surface area contributed by atoms with Crippen molar-refractivity contribution in [1.29, 1.82) is 0 Å². The van der Waals surface area contributed by atoms with Crippen molar-refractivity contribution in [3.8, 4) is 5.69 Å². The number of hydrogen-bond donors (Lipinski definition) is 6. The van der Waals surface area contributed by atoms with Crippen LogP contribution in [0.15, 0.2) is 30.6 Å². The van der Waals surface area contributed by atoms with Gasteiger partial charge in [-0.1, -0.05) is 0 Å². The van der Waals surface area contributed by atoms with Crippen LogP contribution in [0.5, 0.6) is 0 Å². The van der Waals surface area contributed by atoms with Gasteiger partial charge in [-0.25, -0.2) is 15.8 Å². The van der Waals surface area contributed by atoms with Crippen molar-refractivity contribution in [2.45, 2.75) is 6.92 Å². The van der Waals surface area contributed by atoms with Gasteiger partial charge >= 0.3 is 5.97 Å². The van der Waals surface area contributed by atoms with Crippen LogP contribution in [-0.4, -0.2) is 64.8 Å². The van der Waals surface area contributed by atoms with Crippen molar-refractivity contribution in [2.75, 3.05) is 29.5 Å². The number of rotatable bonds is 6. The molecule has 3 rings (SSSR count). The molecule has 0 bridgehead atoms. The smallest absolute Gasteiger partial charge is 0.335 e. The van der Waals surface area contributed by atoms with E-state index in [4.69, 9.17) is 27.7 Å². The van der Waals surface area contributed by atoms with Crippen LogP contribution in [0.4, 0.5) is 17.8 Å². The first-order chi connectivity index (χ1) is 13.9. The Morgan fingerprint density at radius 1 is 1.17 bits per heavy atom. The lowest BCUT2D eigenvalue weighted by Crippen LogP contribution is -2.20. The van der Waals surface area contributed by atoms with Crippen molar-refractivity contribution in [3.63, 3.8) is 0 Å². The Hall–Kier alpha value is -3.62. The predicted octanol–water partition coefficient (Wildman–Crippen LogP) is 1.56. The second-order valence-electron chi connectivity index (χ2n) is 5.40. The molecule has 6 N–H and O–H groups in total. The van der Waals surface area contributed by atoms with Crippen LogP contribution >= 0.6 is 12.2 Å². The van der Waals surface area contributed by atoms with Gasteiger partial charge in [0.25, 0.3) is 11.9 Å². The first-order valence-corrected chi connectivity index (χ1v) is 8.53.